The molecule has 0 unspecified atom stereocenters. The molecule has 87 heavy (non-hydrogen) atoms. The number of aromatic nitrogens is 5. The molecule has 28 heteroatoms. The lowest BCUT2D eigenvalue weighted by atomic mass is 9.79. The molecule has 9 rings (SSSR count). The van der Waals surface area contributed by atoms with Crippen molar-refractivity contribution >= 4 is 184 Å². The predicted molar refractivity (Wildman–Crippen MR) is 365 cm³/mol. The standard InChI is InChI=1S/C17H18N4O2.C14H20BNO3.C10H12Br2N2O.C9H10BrN3O.C5H6BrN3.C4H6BrClO/c1-11(22)20-14-5-2-4-12(8-14)13-9-15(17(18)19-10-13)21-7-3-6-16(21)23;1-10(17)8-12-9-11(6-7-16-12)15-18-13(2,3)14(4,5)19-15;11-3-1-2-9(15)5-7-4-8(12)6-14-10(7)13;10-6-4-7(9(11)12-5-6)13-3-1-2-8(13)14;6-3-1-4(7)5(8)9-2-3;5-3-1-2-4(6)7/h2,4-5,8-10H,3,6-7H2,1H3,(H2,18,19)(H,20,22);6-7,9H,8H2,1-5H3;4,6H,1-3,5H2,(H2,13,14);4-5H,1-3H2,(H2,11,12);1-2H,7H2,(H2,8,9);1-3H2. The SMILES string of the molecule is CC(=O)Cc1cc(B2OC(C)(C)C(C)(C)O2)ccn1.CC(=O)Nc1cccc(-c2cnc(N)c(N3CCCC3=O)c2)c1.Nc1cc(Br)cnc1N.Nc1ncc(Br)cc1CC(=O)CCCBr.Nc1ncc(Br)cc1N1CCCC1=O.O=C(Cl)CCCBr. The number of alkyl halides is 2. The van der Waals surface area contributed by atoms with Crippen molar-refractivity contribution in [3.63, 3.8) is 0 Å². The largest absolute Gasteiger partial charge is 0.494 e. The number of halogens is 6. The summed E-state index contributed by atoms with van der Waals surface area (Å²) < 4.78 is 14.5. The molecule has 3 saturated heterocycles. The van der Waals surface area contributed by atoms with Gasteiger partial charge in [0.1, 0.15) is 34.8 Å². The third kappa shape index (κ3) is 24.5. The number of amides is 3. The number of nitrogens with one attached hydrogen (secondary N) is 1. The summed E-state index contributed by atoms with van der Waals surface area (Å²) in [5, 5.41) is 4.21. The molecule has 3 amide bonds. The number of hydrogen-bond donors (Lipinski definition) is 6. The maximum Gasteiger partial charge on any atom is 0.494 e. The number of anilines is 8. The summed E-state index contributed by atoms with van der Waals surface area (Å²) in [5.74, 6) is 1.92. The third-order valence-corrected chi connectivity index (χ3v) is 15.8. The maximum absolute atomic E-state index is 11.9. The average Bonchev–Trinajstić information content (AvgIpc) is 2.56. The molecule has 6 aromatic rings. The maximum atomic E-state index is 11.9. The lowest BCUT2D eigenvalue weighted by Gasteiger charge is -2.32. The van der Waals surface area contributed by atoms with Crippen molar-refractivity contribution < 1.29 is 38.1 Å². The number of rotatable bonds is 15. The lowest BCUT2D eigenvalue weighted by molar-refractivity contribution is -0.119. The van der Waals surface area contributed by atoms with E-state index in [0.717, 1.165) is 84.2 Å². The van der Waals surface area contributed by atoms with Gasteiger partial charge in [0, 0.05) is 136 Å². The molecule has 5 aromatic heterocycles. The van der Waals surface area contributed by atoms with Gasteiger partial charge in [-0.05, 0) is 179 Å². The smallest absolute Gasteiger partial charge is 0.399 e. The zero-order chi connectivity index (χ0) is 64.6. The van der Waals surface area contributed by atoms with Crippen molar-refractivity contribution in [2.45, 2.75) is 117 Å². The molecular formula is C59H72BBr5ClN13O8. The number of ketones is 2. The second-order valence-corrected chi connectivity index (χ2v) is 25.5. The van der Waals surface area contributed by atoms with Gasteiger partial charge in [0.25, 0.3) is 0 Å². The highest BCUT2D eigenvalue weighted by atomic mass is 79.9. The highest BCUT2D eigenvalue weighted by Gasteiger charge is 2.51. The van der Waals surface area contributed by atoms with E-state index < -0.39 is 7.12 Å². The van der Waals surface area contributed by atoms with Gasteiger partial charge >= 0.3 is 7.12 Å². The van der Waals surface area contributed by atoms with E-state index in [-0.39, 0.29) is 45.7 Å². The first-order valence-electron chi connectivity index (χ1n) is 27.4. The number of pyridine rings is 5. The Balaban J connectivity index is 0.000000232. The van der Waals surface area contributed by atoms with Crippen molar-refractivity contribution in [1.29, 1.82) is 0 Å². The van der Waals surface area contributed by atoms with E-state index in [4.69, 9.17) is 49.6 Å². The Morgan fingerprint density at radius 1 is 0.644 bits per heavy atom. The second-order valence-electron chi connectivity index (χ2n) is 20.8. The minimum atomic E-state index is -0.404. The lowest BCUT2D eigenvalue weighted by Crippen LogP contribution is -2.41. The molecule has 3 aliphatic rings. The van der Waals surface area contributed by atoms with Gasteiger partial charge in [0.15, 0.2) is 0 Å². The Kier molecular flexibility index (Phi) is 30.3. The Labute approximate surface area is 555 Å². The summed E-state index contributed by atoms with van der Waals surface area (Å²) in [4.78, 5) is 90.8. The van der Waals surface area contributed by atoms with Gasteiger partial charge < -0.3 is 53.1 Å². The first-order chi connectivity index (χ1) is 41.0. The van der Waals surface area contributed by atoms with Crippen LogP contribution in [0.4, 0.5) is 46.0 Å². The van der Waals surface area contributed by atoms with Crippen LogP contribution in [0.25, 0.3) is 11.1 Å². The van der Waals surface area contributed by atoms with Gasteiger partial charge in [0.2, 0.25) is 23.0 Å². The quantitative estimate of drug-likeness (QED) is 0.0316. The van der Waals surface area contributed by atoms with Gasteiger partial charge in [-0.1, -0.05) is 44.0 Å². The topological polar surface area (TPSA) is 334 Å². The molecule has 8 heterocycles. The van der Waals surface area contributed by atoms with Crippen molar-refractivity contribution in [3.05, 3.63) is 116 Å². The molecule has 0 radical (unpaired) electrons. The number of nitrogen functional groups attached to an aromatic ring is 5. The van der Waals surface area contributed by atoms with E-state index in [2.05, 4.69) is 110 Å². The molecule has 466 valence electrons. The van der Waals surface area contributed by atoms with Crippen LogP contribution < -0.4 is 49.2 Å². The van der Waals surface area contributed by atoms with E-state index >= 15 is 0 Å². The highest BCUT2D eigenvalue weighted by molar-refractivity contribution is 9.11. The zero-order valence-corrected chi connectivity index (χ0v) is 57.9. The number of carbonyl (C=O) groups is 6. The van der Waals surface area contributed by atoms with Crippen LogP contribution in [0.1, 0.15) is 104 Å². The first-order valence-corrected chi connectivity index (χ1v) is 32.4. The molecule has 11 N–H and O–H groups in total. The number of benzene rings is 1. The summed E-state index contributed by atoms with van der Waals surface area (Å²) in [6.45, 7) is 12.5. The average molecular weight is 1540 g/mol. The van der Waals surface area contributed by atoms with Gasteiger partial charge in [-0.2, -0.15) is 0 Å². The zero-order valence-electron chi connectivity index (χ0n) is 49.2. The summed E-state index contributed by atoms with van der Waals surface area (Å²) in [6, 6.07) is 18.5. The predicted octanol–water partition coefficient (Wildman–Crippen LogP) is 11.1. The Morgan fingerprint density at radius 2 is 1.17 bits per heavy atom. The van der Waals surface area contributed by atoms with Crippen LogP contribution in [-0.4, -0.2) is 102 Å². The Hall–Kier alpha value is -5.94. The van der Waals surface area contributed by atoms with Crippen LogP contribution in [0.5, 0.6) is 0 Å². The minimum absolute atomic E-state index is 0.0719. The van der Waals surface area contributed by atoms with Crippen molar-refractivity contribution in [2.24, 2.45) is 0 Å². The summed E-state index contributed by atoms with van der Waals surface area (Å²) in [6.07, 6.45) is 14.6. The Morgan fingerprint density at radius 3 is 1.68 bits per heavy atom. The van der Waals surface area contributed by atoms with Crippen LogP contribution in [0.15, 0.2) is 105 Å². The first kappa shape index (κ1) is 73.5. The second kappa shape index (κ2) is 35.9. The van der Waals surface area contributed by atoms with Crippen molar-refractivity contribution in [1.82, 2.24) is 24.9 Å². The summed E-state index contributed by atoms with van der Waals surface area (Å²) in [7, 11) is -0.404. The molecule has 0 saturated carbocycles. The van der Waals surface area contributed by atoms with Crippen molar-refractivity contribution in [3.8, 4) is 11.1 Å². The monoisotopic (exact) mass is 1530 g/mol. The van der Waals surface area contributed by atoms with Gasteiger partial charge in [0.05, 0.1) is 28.3 Å². The minimum Gasteiger partial charge on any atom is -0.399 e. The van der Waals surface area contributed by atoms with Crippen LogP contribution >= 0.6 is 91.3 Å². The van der Waals surface area contributed by atoms with Gasteiger partial charge in [-0.15, -0.1) is 0 Å². The fourth-order valence-corrected chi connectivity index (χ4v) is 9.86. The van der Waals surface area contributed by atoms with E-state index in [9.17, 15) is 28.8 Å². The van der Waals surface area contributed by atoms with Crippen LogP contribution in [0.3, 0.4) is 0 Å². The number of nitrogens with two attached hydrogens (primary N) is 5. The molecule has 0 atom stereocenters. The number of Topliss-reactive ketones (excluding diaryl/α,β-unsaturated/α-hetero) is 2. The summed E-state index contributed by atoms with van der Waals surface area (Å²) >= 11 is 21.3. The molecule has 21 nitrogen and oxygen atoms in total. The van der Waals surface area contributed by atoms with Crippen LogP contribution in [0, 0.1) is 0 Å². The van der Waals surface area contributed by atoms with Crippen molar-refractivity contribution in [2.75, 3.05) is 67.5 Å². The Bertz CT molecular complexity index is 3340. The molecule has 3 fully saturated rings. The molecule has 0 bridgehead atoms. The van der Waals surface area contributed by atoms with E-state index in [1.165, 1.54) is 6.92 Å². The molecular weight excluding hydrogens is 1460 g/mol. The van der Waals surface area contributed by atoms with Gasteiger partial charge in [-0.3, -0.25) is 33.8 Å². The fourth-order valence-electron chi connectivity index (χ4n) is 8.12. The molecule has 1 aromatic carbocycles. The van der Waals surface area contributed by atoms with E-state index in [1.54, 1.807) is 53.8 Å². The fraction of sp³-hybridized carbons (Fsp3) is 0.373. The van der Waals surface area contributed by atoms with E-state index in [1.807, 2.05) is 82.3 Å². The van der Waals surface area contributed by atoms with E-state index in [0.29, 0.717) is 91.1 Å². The molecule has 0 spiro atoms. The van der Waals surface area contributed by atoms with Crippen LogP contribution in [0.2, 0.25) is 0 Å². The third-order valence-electron chi connectivity index (χ3n) is 13.2. The molecule has 0 aliphatic carbocycles. The number of nitrogens with zero attached hydrogens (tertiary/aromatic N) is 7. The number of hydrogen-bond acceptors (Lipinski definition) is 18. The highest BCUT2D eigenvalue weighted by Crippen LogP contribution is 2.37. The molecule has 3 aliphatic heterocycles. The number of carbonyl (C=O) groups excluding carboxylic acids is 6. The van der Waals surface area contributed by atoms with Crippen LogP contribution in [-0.2, 0) is 50.9 Å². The normalized spacial score (nSPS) is 14.3. The van der Waals surface area contributed by atoms with Gasteiger partial charge in [-0.25, -0.2) is 19.9 Å². The summed E-state index contributed by atoms with van der Waals surface area (Å²) in [5.41, 5.74) is 34.1.